The van der Waals surface area contributed by atoms with Crippen molar-refractivity contribution >= 4 is 11.6 Å². The van der Waals surface area contributed by atoms with Gasteiger partial charge in [0, 0.05) is 29.8 Å². The number of nitrogens with zero attached hydrogens (tertiary/aromatic N) is 1. The van der Waals surface area contributed by atoms with Crippen molar-refractivity contribution in [2.45, 2.75) is 24.7 Å². The molecular weight excluding hydrogens is 360 g/mol. The summed E-state index contributed by atoms with van der Waals surface area (Å²) in [6.07, 6.45) is 4.03. The van der Waals surface area contributed by atoms with Gasteiger partial charge < -0.3 is 9.73 Å². The Morgan fingerprint density at radius 3 is 2.68 bits per heavy atom. The molecule has 2 atom stereocenters. The van der Waals surface area contributed by atoms with Gasteiger partial charge in [0.05, 0.1) is 23.4 Å². The predicted molar refractivity (Wildman–Crippen MR) is 100 cm³/mol. The Hall–Kier alpha value is -3.68. The van der Waals surface area contributed by atoms with Crippen LogP contribution in [0, 0.1) is 0 Å². The lowest BCUT2D eigenvalue weighted by Crippen LogP contribution is -2.37. The Morgan fingerprint density at radius 2 is 1.93 bits per heavy atom. The van der Waals surface area contributed by atoms with E-state index >= 15 is 0 Å². The van der Waals surface area contributed by atoms with E-state index in [-0.39, 0.29) is 18.1 Å². The molecule has 0 saturated heterocycles. The molecule has 3 aromatic rings. The zero-order valence-electron chi connectivity index (χ0n) is 14.7. The molecule has 28 heavy (non-hydrogen) atoms. The molecule has 4 heterocycles. The van der Waals surface area contributed by atoms with E-state index in [0.717, 1.165) is 5.76 Å². The molecule has 0 radical (unpaired) electrons. The Balaban J connectivity index is 1.71. The van der Waals surface area contributed by atoms with Crippen molar-refractivity contribution in [2.75, 3.05) is 5.32 Å². The highest BCUT2D eigenvalue weighted by atomic mass is 16.3. The molecule has 0 unspecified atom stereocenters. The minimum atomic E-state index is -0.641. The number of aromatic amines is 2. The minimum absolute atomic E-state index is 0.0675. The third kappa shape index (κ3) is 2.53. The number of nitrogens with one attached hydrogen (secondary N) is 3. The van der Waals surface area contributed by atoms with Gasteiger partial charge in [0.1, 0.15) is 11.6 Å². The summed E-state index contributed by atoms with van der Waals surface area (Å²) < 4.78 is 5.49. The number of aromatic nitrogens is 3. The number of hydrogen-bond acceptors (Lipinski definition) is 6. The van der Waals surface area contributed by atoms with E-state index in [0.29, 0.717) is 34.8 Å². The summed E-state index contributed by atoms with van der Waals surface area (Å²) >= 11 is 0. The second-order valence-electron chi connectivity index (χ2n) is 6.95. The Labute approximate surface area is 158 Å². The fourth-order valence-corrected chi connectivity index (χ4v) is 4.12. The number of fused-ring (bicyclic) bond motifs is 1. The predicted octanol–water partition coefficient (Wildman–Crippen LogP) is 2.01. The number of carbonyl (C=O) groups is 1. The van der Waals surface area contributed by atoms with Crippen LogP contribution in [0.2, 0.25) is 0 Å². The molecule has 3 N–H and O–H groups in total. The summed E-state index contributed by atoms with van der Waals surface area (Å²) in [6, 6.07) is 9.00. The third-order valence-electron chi connectivity index (χ3n) is 5.27. The third-order valence-corrected chi connectivity index (χ3v) is 5.27. The van der Waals surface area contributed by atoms with Gasteiger partial charge in [-0.3, -0.25) is 24.5 Å². The monoisotopic (exact) mass is 376 g/mol. The molecular formula is C20H16N4O4. The van der Waals surface area contributed by atoms with Crippen LogP contribution in [0.4, 0.5) is 5.82 Å². The first-order valence-corrected chi connectivity index (χ1v) is 8.96. The molecule has 0 amide bonds. The van der Waals surface area contributed by atoms with Crippen LogP contribution in [0.1, 0.15) is 41.7 Å². The van der Waals surface area contributed by atoms with Crippen molar-refractivity contribution in [1.82, 2.24) is 15.0 Å². The molecule has 1 aliphatic heterocycles. The van der Waals surface area contributed by atoms with Crippen molar-refractivity contribution in [3.8, 4) is 0 Å². The van der Waals surface area contributed by atoms with Crippen LogP contribution in [0.15, 0.2) is 68.1 Å². The lowest BCUT2D eigenvalue weighted by atomic mass is 9.74. The number of allylic oxidation sites excluding steroid dienone is 2. The zero-order valence-corrected chi connectivity index (χ0v) is 14.7. The van der Waals surface area contributed by atoms with Crippen molar-refractivity contribution in [3.63, 3.8) is 0 Å². The van der Waals surface area contributed by atoms with Crippen molar-refractivity contribution in [3.05, 3.63) is 91.9 Å². The van der Waals surface area contributed by atoms with E-state index in [1.165, 1.54) is 0 Å². The molecule has 2 aliphatic rings. The van der Waals surface area contributed by atoms with Crippen LogP contribution in [0.5, 0.6) is 0 Å². The van der Waals surface area contributed by atoms with Gasteiger partial charge >= 0.3 is 5.69 Å². The number of pyridine rings is 1. The second-order valence-corrected chi connectivity index (χ2v) is 6.95. The average Bonchev–Trinajstić information content (AvgIpc) is 3.21. The topological polar surface area (TPSA) is 121 Å². The quantitative estimate of drug-likeness (QED) is 0.629. The lowest BCUT2D eigenvalue weighted by molar-refractivity contribution is -0.116. The molecule has 140 valence electrons. The number of rotatable bonds is 2. The molecule has 0 bridgehead atoms. The van der Waals surface area contributed by atoms with Crippen molar-refractivity contribution in [1.29, 1.82) is 0 Å². The van der Waals surface area contributed by atoms with Crippen molar-refractivity contribution < 1.29 is 9.21 Å². The van der Waals surface area contributed by atoms with E-state index in [2.05, 4.69) is 20.3 Å². The van der Waals surface area contributed by atoms with Gasteiger partial charge in [-0.15, -0.1) is 0 Å². The fourth-order valence-electron chi connectivity index (χ4n) is 4.12. The molecule has 8 nitrogen and oxygen atoms in total. The largest absolute Gasteiger partial charge is 0.469 e. The molecule has 0 spiro atoms. The number of ketones is 1. The molecule has 8 heteroatoms. The number of furan rings is 1. The van der Waals surface area contributed by atoms with Gasteiger partial charge in [-0.1, -0.05) is 6.07 Å². The number of hydrogen-bond donors (Lipinski definition) is 3. The van der Waals surface area contributed by atoms with Crippen LogP contribution in [0.25, 0.3) is 0 Å². The van der Waals surface area contributed by atoms with Gasteiger partial charge in [-0.25, -0.2) is 4.79 Å². The summed E-state index contributed by atoms with van der Waals surface area (Å²) in [5.74, 6) is 0.228. The summed E-state index contributed by atoms with van der Waals surface area (Å²) in [5.41, 5.74) is 0.940. The van der Waals surface area contributed by atoms with E-state index in [4.69, 9.17) is 4.42 Å². The maximum atomic E-state index is 13.2. The standard InChI is InChI=1S/C20H16N4O4/c25-13-9-10(14-5-3-7-28-14)8-12-15(13)16(11-4-1-2-6-21-11)17-18(22-12)23-20(27)24-19(17)26/h1-7,10,16H,8-9H2,(H3,22,23,24,26,27)/t10-,16-/m1/s1. The smallest absolute Gasteiger partial charge is 0.327 e. The maximum Gasteiger partial charge on any atom is 0.327 e. The van der Waals surface area contributed by atoms with Gasteiger partial charge in [0.15, 0.2) is 5.78 Å². The second kappa shape index (κ2) is 6.19. The van der Waals surface area contributed by atoms with E-state index in [9.17, 15) is 14.4 Å². The average molecular weight is 376 g/mol. The Bertz CT molecular complexity index is 1210. The molecule has 0 saturated carbocycles. The van der Waals surface area contributed by atoms with E-state index in [1.807, 2.05) is 12.1 Å². The summed E-state index contributed by atoms with van der Waals surface area (Å²) in [5, 5.41) is 3.12. The maximum absolute atomic E-state index is 13.2. The fraction of sp³-hybridized carbons (Fsp3) is 0.200. The first kappa shape index (κ1) is 16.5. The highest BCUT2D eigenvalue weighted by Crippen LogP contribution is 2.45. The number of Topliss-reactive ketones (excluding diaryl/α,β-unsaturated/α-hetero) is 1. The molecule has 3 aromatic heterocycles. The summed E-state index contributed by atoms with van der Waals surface area (Å²) in [4.78, 5) is 46.9. The first-order chi connectivity index (χ1) is 13.6. The normalized spacial score (nSPS) is 21.1. The highest BCUT2D eigenvalue weighted by molar-refractivity contribution is 6.01. The van der Waals surface area contributed by atoms with Crippen LogP contribution in [0.3, 0.4) is 0 Å². The van der Waals surface area contributed by atoms with Crippen LogP contribution >= 0.6 is 0 Å². The van der Waals surface area contributed by atoms with E-state index < -0.39 is 17.2 Å². The molecule has 5 rings (SSSR count). The van der Waals surface area contributed by atoms with Crippen LogP contribution in [-0.2, 0) is 4.79 Å². The lowest BCUT2D eigenvalue weighted by Gasteiger charge is -2.34. The number of carbonyl (C=O) groups excluding carboxylic acids is 1. The SMILES string of the molecule is O=C1C[C@H](c2ccco2)CC2=C1[C@@H](c1ccccn1)c1c([nH]c(=O)[nH]c1=O)N2. The van der Waals surface area contributed by atoms with Crippen LogP contribution in [-0.4, -0.2) is 20.7 Å². The van der Waals surface area contributed by atoms with Gasteiger partial charge in [0.2, 0.25) is 0 Å². The van der Waals surface area contributed by atoms with Gasteiger partial charge in [-0.05, 0) is 30.7 Å². The van der Waals surface area contributed by atoms with Gasteiger partial charge in [0.25, 0.3) is 5.56 Å². The summed E-state index contributed by atoms with van der Waals surface area (Å²) in [6.45, 7) is 0. The summed E-state index contributed by atoms with van der Waals surface area (Å²) in [7, 11) is 0. The zero-order chi connectivity index (χ0) is 19.3. The first-order valence-electron chi connectivity index (χ1n) is 8.96. The van der Waals surface area contributed by atoms with E-state index in [1.54, 1.807) is 30.7 Å². The molecule has 0 aromatic carbocycles. The highest BCUT2D eigenvalue weighted by Gasteiger charge is 2.41. The molecule has 0 fully saturated rings. The Kier molecular flexibility index (Phi) is 3.65. The minimum Gasteiger partial charge on any atom is -0.469 e. The molecule has 1 aliphatic carbocycles. The number of H-pyrrole nitrogens is 2. The van der Waals surface area contributed by atoms with Gasteiger partial charge in [-0.2, -0.15) is 0 Å². The Morgan fingerprint density at radius 1 is 1.04 bits per heavy atom. The van der Waals surface area contributed by atoms with Crippen molar-refractivity contribution in [2.24, 2.45) is 0 Å². The van der Waals surface area contributed by atoms with Crippen LogP contribution < -0.4 is 16.6 Å². The number of anilines is 1.